The van der Waals surface area contributed by atoms with Gasteiger partial charge in [0.25, 0.3) is 0 Å². The first kappa shape index (κ1) is 14.0. The lowest BCUT2D eigenvalue weighted by Crippen LogP contribution is -2.40. The summed E-state index contributed by atoms with van der Waals surface area (Å²) in [5.74, 6) is 0.738. The summed E-state index contributed by atoms with van der Waals surface area (Å²) in [4.78, 5) is 4.50. The van der Waals surface area contributed by atoms with Crippen molar-refractivity contribution in [2.45, 2.75) is 33.6 Å². The van der Waals surface area contributed by atoms with Crippen molar-refractivity contribution >= 4 is 11.3 Å². The largest absolute Gasteiger partial charge is 0.316 e. The first-order valence-corrected chi connectivity index (χ1v) is 7.83. The zero-order valence-corrected chi connectivity index (χ0v) is 12.6. The number of nitrogens with one attached hydrogen (secondary N) is 2. The molecule has 0 saturated carbocycles. The summed E-state index contributed by atoms with van der Waals surface area (Å²) < 4.78 is 0. The van der Waals surface area contributed by atoms with Crippen molar-refractivity contribution in [1.29, 1.82) is 0 Å². The molecule has 0 aliphatic carbocycles. The molecule has 1 saturated heterocycles. The molecule has 4 heteroatoms. The summed E-state index contributed by atoms with van der Waals surface area (Å²) in [5.41, 5.74) is 1.60. The van der Waals surface area contributed by atoms with Crippen LogP contribution in [0.5, 0.6) is 0 Å². The fourth-order valence-corrected chi connectivity index (χ4v) is 3.44. The van der Waals surface area contributed by atoms with Crippen LogP contribution in [0.3, 0.4) is 0 Å². The Bertz CT molecular complexity index is 367. The van der Waals surface area contributed by atoms with Crippen molar-refractivity contribution in [1.82, 2.24) is 15.6 Å². The molecule has 2 rings (SSSR count). The molecule has 0 aromatic carbocycles. The molecule has 1 aliphatic rings. The average Bonchev–Trinajstić information content (AvgIpc) is 2.94. The van der Waals surface area contributed by atoms with Crippen LogP contribution in [0.15, 0.2) is 5.38 Å². The minimum Gasteiger partial charge on any atom is -0.316 e. The van der Waals surface area contributed by atoms with E-state index in [2.05, 4.69) is 41.8 Å². The zero-order chi connectivity index (χ0) is 13.0. The molecular weight excluding hydrogens is 242 g/mol. The van der Waals surface area contributed by atoms with Gasteiger partial charge in [-0.2, -0.15) is 0 Å². The lowest BCUT2D eigenvalue weighted by atomic mass is 9.76. The third-order valence-corrected chi connectivity index (χ3v) is 5.19. The lowest BCUT2D eigenvalue weighted by molar-refractivity contribution is 0.209. The van der Waals surface area contributed by atoms with Crippen molar-refractivity contribution in [3.63, 3.8) is 0 Å². The van der Waals surface area contributed by atoms with Gasteiger partial charge in [-0.25, -0.2) is 4.98 Å². The topological polar surface area (TPSA) is 37.0 Å². The van der Waals surface area contributed by atoms with Crippen LogP contribution in [0.4, 0.5) is 0 Å². The van der Waals surface area contributed by atoms with Gasteiger partial charge in [0.15, 0.2) is 0 Å². The summed E-state index contributed by atoms with van der Waals surface area (Å²) in [6.45, 7) is 11.3. The summed E-state index contributed by atoms with van der Waals surface area (Å²) in [5, 5.41) is 10.5. The van der Waals surface area contributed by atoms with Crippen LogP contribution in [-0.2, 0) is 6.42 Å². The van der Waals surface area contributed by atoms with E-state index in [1.165, 1.54) is 18.0 Å². The normalized spacial score (nSPS) is 24.0. The van der Waals surface area contributed by atoms with Gasteiger partial charge in [0.2, 0.25) is 0 Å². The molecule has 2 N–H and O–H groups in total. The first-order chi connectivity index (χ1) is 8.62. The molecule has 3 nitrogen and oxygen atoms in total. The Hall–Kier alpha value is -0.450. The Kier molecular flexibility index (Phi) is 4.76. The number of aromatic nitrogens is 1. The summed E-state index contributed by atoms with van der Waals surface area (Å²) in [6.07, 6.45) is 2.36. The zero-order valence-electron chi connectivity index (χ0n) is 11.8. The molecule has 1 aromatic rings. The van der Waals surface area contributed by atoms with E-state index in [0.717, 1.165) is 37.7 Å². The maximum Gasteiger partial charge on any atom is 0.0940 e. The number of hydrogen-bond donors (Lipinski definition) is 2. The molecule has 1 atom stereocenters. The van der Waals surface area contributed by atoms with Crippen LogP contribution in [0.1, 0.15) is 31.0 Å². The van der Waals surface area contributed by atoms with Crippen LogP contribution in [0, 0.1) is 18.3 Å². The number of thiazole rings is 1. The van der Waals surface area contributed by atoms with Crippen molar-refractivity contribution in [3.05, 3.63) is 16.1 Å². The van der Waals surface area contributed by atoms with E-state index in [9.17, 15) is 0 Å². The SMILES string of the molecule is Cc1csc(CCNCC2(C(C)C)CCNC2)n1. The number of hydrogen-bond acceptors (Lipinski definition) is 4. The van der Waals surface area contributed by atoms with E-state index in [-0.39, 0.29) is 0 Å². The van der Waals surface area contributed by atoms with E-state index < -0.39 is 0 Å². The molecule has 1 fully saturated rings. The fraction of sp³-hybridized carbons (Fsp3) is 0.786. The highest BCUT2D eigenvalue weighted by Gasteiger charge is 2.36. The number of aryl methyl sites for hydroxylation is 1. The van der Waals surface area contributed by atoms with E-state index in [1.807, 2.05) is 0 Å². The van der Waals surface area contributed by atoms with Crippen LogP contribution in [-0.4, -0.2) is 31.2 Å². The molecule has 1 unspecified atom stereocenters. The second-order valence-electron chi connectivity index (χ2n) is 5.75. The average molecular weight is 267 g/mol. The fourth-order valence-electron chi connectivity index (χ4n) is 2.66. The summed E-state index contributed by atoms with van der Waals surface area (Å²) in [7, 11) is 0. The van der Waals surface area contributed by atoms with E-state index in [0.29, 0.717) is 5.41 Å². The van der Waals surface area contributed by atoms with Crippen LogP contribution in [0.2, 0.25) is 0 Å². The third kappa shape index (κ3) is 3.31. The van der Waals surface area contributed by atoms with Gasteiger partial charge < -0.3 is 10.6 Å². The van der Waals surface area contributed by atoms with Gasteiger partial charge in [-0.1, -0.05) is 13.8 Å². The predicted octanol–water partition coefficient (Wildman–Crippen LogP) is 2.22. The highest BCUT2D eigenvalue weighted by atomic mass is 32.1. The molecule has 0 spiro atoms. The van der Waals surface area contributed by atoms with Crippen molar-refractivity contribution in [3.8, 4) is 0 Å². The highest BCUT2D eigenvalue weighted by Crippen LogP contribution is 2.33. The van der Waals surface area contributed by atoms with Gasteiger partial charge in [-0.3, -0.25) is 0 Å². The van der Waals surface area contributed by atoms with Gasteiger partial charge in [0.05, 0.1) is 5.01 Å². The van der Waals surface area contributed by atoms with Crippen molar-refractivity contribution < 1.29 is 0 Å². The minimum atomic E-state index is 0.457. The first-order valence-electron chi connectivity index (χ1n) is 6.95. The molecule has 0 radical (unpaired) electrons. The van der Waals surface area contributed by atoms with Gasteiger partial charge >= 0.3 is 0 Å². The lowest BCUT2D eigenvalue weighted by Gasteiger charge is -2.33. The molecular formula is C14H25N3S. The highest BCUT2D eigenvalue weighted by molar-refractivity contribution is 7.09. The predicted molar refractivity (Wildman–Crippen MR) is 78.2 cm³/mol. The Morgan fingerprint density at radius 2 is 2.39 bits per heavy atom. The van der Waals surface area contributed by atoms with Crippen molar-refractivity contribution in [2.75, 3.05) is 26.2 Å². The summed E-state index contributed by atoms with van der Waals surface area (Å²) in [6, 6.07) is 0. The quantitative estimate of drug-likeness (QED) is 0.776. The minimum absolute atomic E-state index is 0.457. The molecule has 0 amide bonds. The van der Waals surface area contributed by atoms with E-state index in [4.69, 9.17) is 0 Å². The molecule has 1 aliphatic heterocycles. The van der Waals surface area contributed by atoms with Crippen LogP contribution < -0.4 is 10.6 Å². The molecule has 18 heavy (non-hydrogen) atoms. The Balaban J connectivity index is 1.74. The van der Waals surface area contributed by atoms with E-state index >= 15 is 0 Å². The monoisotopic (exact) mass is 267 g/mol. The van der Waals surface area contributed by atoms with E-state index in [1.54, 1.807) is 11.3 Å². The van der Waals surface area contributed by atoms with Crippen molar-refractivity contribution in [2.24, 2.45) is 11.3 Å². The maximum atomic E-state index is 4.50. The van der Waals surface area contributed by atoms with Gasteiger partial charge in [-0.05, 0) is 31.2 Å². The summed E-state index contributed by atoms with van der Waals surface area (Å²) >= 11 is 1.77. The second kappa shape index (κ2) is 6.13. The van der Waals surface area contributed by atoms with Crippen LogP contribution >= 0.6 is 11.3 Å². The molecule has 0 bridgehead atoms. The third-order valence-electron chi connectivity index (χ3n) is 4.16. The Labute approximate surface area is 114 Å². The number of nitrogens with zero attached hydrogens (tertiary/aromatic N) is 1. The Morgan fingerprint density at radius 1 is 1.56 bits per heavy atom. The second-order valence-corrected chi connectivity index (χ2v) is 6.70. The van der Waals surface area contributed by atoms with Gasteiger partial charge in [0.1, 0.15) is 0 Å². The molecule has 2 heterocycles. The smallest absolute Gasteiger partial charge is 0.0940 e. The van der Waals surface area contributed by atoms with Crippen LogP contribution in [0.25, 0.3) is 0 Å². The molecule has 102 valence electrons. The number of rotatable bonds is 6. The van der Waals surface area contributed by atoms with Gasteiger partial charge in [-0.15, -0.1) is 11.3 Å². The van der Waals surface area contributed by atoms with Gasteiger partial charge in [0, 0.05) is 37.1 Å². The Morgan fingerprint density at radius 3 is 2.94 bits per heavy atom. The standard InChI is InChI=1S/C14H25N3S/c1-11(2)14(5-7-16-10-14)9-15-6-4-13-17-12(3)8-18-13/h8,11,15-16H,4-7,9-10H2,1-3H3. The molecule has 1 aromatic heterocycles. The maximum absolute atomic E-state index is 4.50.